The highest BCUT2D eigenvalue weighted by Gasteiger charge is 2.34. The van der Waals surface area contributed by atoms with Gasteiger partial charge in [0.1, 0.15) is 11.5 Å². The number of hydrogen-bond acceptors (Lipinski definition) is 4. The summed E-state index contributed by atoms with van der Waals surface area (Å²) in [6.45, 7) is 13.8. The minimum Gasteiger partial charge on any atom is -0.507 e. The summed E-state index contributed by atoms with van der Waals surface area (Å²) in [6.07, 6.45) is 0. The first-order valence-electron chi connectivity index (χ1n) is 11.3. The normalized spacial score (nSPS) is 16.6. The Balaban J connectivity index is 2.16. The van der Waals surface area contributed by atoms with Crippen LogP contribution in [-0.2, 0) is 15.6 Å². The summed E-state index contributed by atoms with van der Waals surface area (Å²) < 4.78 is 5.36. The number of ether oxygens (including phenoxy) is 1. The number of para-hydroxylation sites is 2. The molecule has 182 valence electrons. The number of aromatic hydroxyl groups is 1. The van der Waals surface area contributed by atoms with E-state index in [1.165, 1.54) is 0 Å². The van der Waals surface area contributed by atoms with Gasteiger partial charge in [-0.2, -0.15) is 0 Å². The van der Waals surface area contributed by atoms with Crippen LogP contribution in [0.3, 0.4) is 0 Å². The smallest absolute Gasteiger partial charge is 0.319 e. The van der Waals surface area contributed by atoms with Crippen molar-refractivity contribution in [3.05, 3.63) is 64.4 Å². The molecule has 0 saturated carbocycles. The zero-order valence-electron chi connectivity index (χ0n) is 21.2. The molecule has 34 heavy (non-hydrogen) atoms. The van der Waals surface area contributed by atoms with Crippen LogP contribution in [0.2, 0.25) is 0 Å². The van der Waals surface area contributed by atoms with Crippen molar-refractivity contribution in [1.29, 1.82) is 0 Å². The van der Waals surface area contributed by atoms with Crippen molar-refractivity contribution in [2.45, 2.75) is 65.3 Å². The van der Waals surface area contributed by atoms with Gasteiger partial charge in [-0.3, -0.25) is 4.79 Å². The second kappa shape index (κ2) is 9.05. The van der Waals surface area contributed by atoms with Crippen molar-refractivity contribution in [2.24, 2.45) is 0 Å². The van der Waals surface area contributed by atoms with Gasteiger partial charge in [0.25, 0.3) is 5.91 Å². The molecule has 1 heterocycles. The maximum atomic E-state index is 13.5. The number of rotatable bonds is 4. The fraction of sp³-hybridized carbons (Fsp3) is 0.407. The van der Waals surface area contributed by atoms with E-state index in [9.17, 15) is 14.7 Å². The number of nitrogens with one attached hydrogen (secondary N) is 3. The molecule has 1 atom stereocenters. The van der Waals surface area contributed by atoms with E-state index in [1.807, 2.05) is 65.8 Å². The molecule has 0 radical (unpaired) electrons. The number of carbonyl (C=O) groups is 2. The quantitative estimate of drug-likeness (QED) is 0.495. The van der Waals surface area contributed by atoms with Gasteiger partial charge in [-0.1, -0.05) is 53.7 Å². The molecule has 0 aromatic heterocycles. The summed E-state index contributed by atoms with van der Waals surface area (Å²) in [6, 6.07) is 9.82. The van der Waals surface area contributed by atoms with E-state index in [0.29, 0.717) is 22.7 Å². The second-order valence-corrected chi connectivity index (χ2v) is 10.7. The van der Waals surface area contributed by atoms with E-state index in [4.69, 9.17) is 4.74 Å². The number of phenolic OH excluding ortho intramolecular Hbond substituents is 1. The minimum atomic E-state index is -0.703. The summed E-state index contributed by atoms with van der Waals surface area (Å²) in [5.74, 6) is 0.417. The highest BCUT2D eigenvalue weighted by molar-refractivity contribution is 6.07. The summed E-state index contributed by atoms with van der Waals surface area (Å²) in [5, 5.41) is 19.6. The standard InChI is InChI=1S/C27H35N3O4/c1-15-21(24(32)29-19-11-9-10-12-20(19)34-8)22(30-25(33)28-15)16-13-17(26(2,3)4)23(31)18(14-16)27(5,6)7/h9-14,22,31H,1-8H3,(H,29,32)(H2,28,30,33)/t22-/m1/s1. The number of carbonyl (C=O) groups excluding carboxylic acids is 2. The summed E-state index contributed by atoms with van der Waals surface area (Å²) >= 11 is 0. The molecule has 7 heteroatoms. The average molecular weight is 466 g/mol. The van der Waals surface area contributed by atoms with E-state index >= 15 is 0 Å². The number of benzene rings is 2. The summed E-state index contributed by atoms with van der Waals surface area (Å²) in [4.78, 5) is 26.0. The van der Waals surface area contributed by atoms with E-state index in [-0.39, 0.29) is 28.5 Å². The number of urea groups is 1. The molecule has 4 N–H and O–H groups in total. The lowest BCUT2D eigenvalue weighted by atomic mass is 9.77. The number of allylic oxidation sites excluding steroid dienone is 1. The van der Waals surface area contributed by atoms with Gasteiger partial charge in [-0.25, -0.2) is 4.79 Å². The van der Waals surface area contributed by atoms with Crippen LogP contribution in [0.15, 0.2) is 47.7 Å². The van der Waals surface area contributed by atoms with Crippen LogP contribution in [-0.4, -0.2) is 24.2 Å². The number of amides is 3. The Morgan fingerprint density at radius 2 is 1.59 bits per heavy atom. The largest absolute Gasteiger partial charge is 0.507 e. The Labute approximate surface area is 201 Å². The predicted octanol–water partition coefficient (Wildman–Crippen LogP) is 5.26. The molecule has 7 nitrogen and oxygen atoms in total. The number of methoxy groups -OCH3 is 1. The van der Waals surface area contributed by atoms with Gasteiger partial charge >= 0.3 is 6.03 Å². The van der Waals surface area contributed by atoms with Gasteiger partial charge in [-0.05, 0) is 58.7 Å². The lowest BCUT2D eigenvalue weighted by molar-refractivity contribution is -0.113. The first kappa shape index (κ1) is 25.1. The molecule has 0 aliphatic carbocycles. The molecule has 0 spiro atoms. The van der Waals surface area contributed by atoms with Gasteiger partial charge in [0.15, 0.2) is 0 Å². The van der Waals surface area contributed by atoms with E-state index in [2.05, 4.69) is 16.0 Å². The molecule has 0 fully saturated rings. The third-order valence-corrected chi connectivity index (χ3v) is 5.95. The van der Waals surface area contributed by atoms with Crippen LogP contribution in [0.1, 0.15) is 71.2 Å². The van der Waals surface area contributed by atoms with Gasteiger partial charge in [0, 0.05) is 5.70 Å². The lowest BCUT2D eigenvalue weighted by Crippen LogP contribution is -2.46. The van der Waals surface area contributed by atoms with Gasteiger partial charge in [0.05, 0.1) is 24.4 Å². The van der Waals surface area contributed by atoms with Crippen LogP contribution >= 0.6 is 0 Å². The Bertz CT molecular complexity index is 1120. The summed E-state index contributed by atoms with van der Waals surface area (Å²) in [7, 11) is 1.54. The molecule has 2 aromatic carbocycles. The first-order chi connectivity index (χ1) is 15.7. The van der Waals surface area contributed by atoms with Crippen molar-refractivity contribution in [1.82, 2.24) is 10.6 Å². The Morgan fingerprint density at radius 3 is 2.12 bits per heavy atom. The van der Waals surface area contributed by atoms with E-state index in [1.54, 1.807) is 26.2 Å². The Kier molecular flexibility index (Phi) is 6.69. The third-order valence-electron chi connectivity index (χ3n) is 5.95. The topological polar surface area (TPSA) is 99.7 Å². The highest BCUT2D eigenvalue weighted by Crippen LogP contribution is 2.42. The molecule has 2 aromatic rings. The van der Waals surface area contributed by atoms with Crippen molar-refractivity contribution in [2.75, 3.05) is 12.4 Å². The highest BCUT2D eigenvalue weighted by atomic mass is 16.5. The maximum Gasteiger partial charge on any atom is 0.319 e. The fourth-order valence-corrected chi connectivity index (χ4v) is 4.15. The summed E-state index contributed by atoms with van der Waals surface area (Å²) in [5.41, 5.74) is 2.91. The van der Waals surface area contributed by atoms with Crippen LogP contribution in [0, 0.1) is 0 Å². The molecule has 1 aliphatic rings. The van der Waals surface area contributed by atoms with Crippen molar-refractivity contribution in [3.63, 3.8) is 0 Å². The zero-order chi connectivity index (χ0) is 25.4. The minimum absolute atomic E-state index is 0.240. The van der Waals surface area contributed by atoms with Crippen LogP contribution in [0.5, 0.6) is 11.5 Å². The predicted molar refractivity (Wildman–Crippen MR) is 134 cm³/mol. The van der Waals surface area contributed by atoms with Gasteiger partial charge < -0.3 is 25.8 Å². The van der Waals surface area contributed by atoms with E-state index < -0.39 is 6.04 Å². The van der Waals surface area contributed by atoms with Crippen molar-refractivity contribution >= 4 is 17.6 Å². The molecule has 0 bridgehead atoms. The Morgan fingerprint density at radius 1 is 1.03 bits per heavy atom. The Hall–Kier alpha value is -3.48. The van der Waals surface area contributed by atoms with Gasteiger partial charge in [0.2, 0.25) is 0 Å². The number of hydrogen-bond donors (Lipinski definition) is 4. The average Bonchev–Trinajstić information content (AvgIpc) is 2.71. The van der Waals surface area contributed by atoms with Gasteiger partial charge in [-0.15, -0.1) is 0 Å². The number of anilines is 1. The molecule has 0 saturated heterocycles. The SMILES string of the molecule is COc1ccccc1NC(=O)C1=C(C)NC(=O)N[C@@H]1c1cc(C(C)(C)C)c(O)c(C(C)(C)C)c1. The van der Waals surface area contributed by atoms with Crippen molar-refractivity contribution < 1.29 is 19.4 Å². The van der Waals surface area contributed by atoms with Crippen LogP contribution in [0.4, 0.5) is 10.5 Å². The first-order valence-corrected chi connectivity index (χ1v) is 11.3. The molecule has 3 amide bonds. The molecule has 3 rings (SSSR count). The molecular weight excluding hydrogens is 430 g/mol. The van der Waals surface area contributed by atoms with Crippen LogP contribution in [0.25, 0.3) is 0 Å². The van der Waals surface area contributed by atoms with Crippen LogP contribution < -0.4 is 20.7 Å². The fourth-order valence-electron chi connectivity index (χ4n) is 4.15. The second-order valence-electron chi connectivity index (χ2n) is 10.7. The molecule has 1 aliphatic heterocycles. The van der Waals surface area contributed by atoms with E-state index in [0.717, 1.165) is 16.7 Å². The number of phenols is 1. The third kappa shape index (κ3) is 5.03. The monoisotopic (exact) mass is 465 g/mol. The maximum absolute atomic E-state index is 13.5. The molecular formula is C27H35N3O4. The van der Waals surface area contributed by atoms with Crippen molar-refractivity contribution in [3.8, 4) is 11.5 Å². The zero-order valence-corrected chi connectivity index (χ0v) is 21.2. The lowest BCUT2D eigenvalue weighted by Gasteiger charge is -2.33. The molecule has 0 unspecified atom stereocenters.